The van der Waals surface area contributed by atoms with Crippen molar-refractivity contribution in [3.05, 3.63) is 23.3 Å². The Morgan fingerprint density at radius 2 is 2.00 bits per heavy atom. The summed E-state index contributed by atoms with van der Waals surface area (Å²) in [7, 11) is 0. The van der Waals surface area contributed by atoms with Crippen LogP contribution in [0.15, 0.2) is 12.1 Å². The highest BCUT2D eigenvalue weighted by Gasteiger charge is 2.14. The molecule has 0 unspecified atom stereocenters. The van der Waals surface area contributed by atoms with E-state index in [9.17, 15) is 15.0 Å². The van der Waals surface area contributed by atoms with Crippen molar-refractivity contribution in [1.82, 2.24) is 0 Å². The second-order valence-electron chi connectivity index (χ2n) is 2.88. The van der Waals surface area contributed by atoms with Crippen molar-refractivity contribution in [1.29, 1.82) is 0 Å². The molecule has 0 saturated carbocycles. The highest BCUT2D eigenvalue weighted by molar-refractivity contribution is 5.92. The van der Waals surface area contributed by atoms with Crippen LogP contribution in [0.25, 0.3) is 0 Å². The maximum Gasteiger partial charge on any atom is 0.341 e. The molecule has 2 N–H and O–H groups in total. The van der Waals surface area contributed by atoms with Crippen molar-refractivity contribution < 1.29 is 19.7 Å². The molecule has 0 aromatic heterocycles. The molecule has 0 aliphatic carbocycles. The summed E-state index contributed by atoms with van der Waals surface area (Å²) in [5.74, 6) is -0.907. The van der Waals surface area contributed by atoms with Crippen LogP contribution in [0, 0.1) is 6.92 Å². The molecule has 0 atom stereocenters. The molecule has 14 heavy (non-hydrogen) atoms. The fourth-order valence-electron chi connectivity index (χ4n) is 1.06. The number of carbonyl (C=O) groups is 1. The summed E-state index contributed by atoms with van der Waals surface area (Å²) in [6, 6.07) is 2.52. The van der Waals surface area contributed by atoms with Crippen molar-refractivity contribution in [2.45, 2.75) is 13.8 Å². The molecular weight excluding hydrogens is 184 g/mol. The Morgan fingerprint density at radius 3 is 2.57 bits per heavy atom. The molecule has 0 heterocycles. The van der Waals surface area contributed by atoms with Crippen LogP contribution >= 0.6 is 0 Å². The first-order chi connectivity index (χ1) is 6.56. The predicted molar refractivity (Wildman–Crippen MR) is 50.5 cm³/mol. The molecule has 4 heteroatoms. The van der Waals surface area contributed by atoms with E-state index in [1.807, 2.05) is 0 Å². The van der Waals surface area contributed by atoms with Gasteiger partial charge in [-0.2, -0.15) is 0 Å². The van der Waals surface area contributed by atoms with E-state index in [1.54, 1.807) is 13.8 Å². The van der Waals surface area contributed by atoms with Crippen LogP contribution in [0.3, 0.4) is 0 Å². The van der Waals surface area contributed by atoms with E-state index in [0.717, 1.165) is 6.07 Å². The summed E-state index contributed by atoms with van der Waals surface area (Å²) >= 11 is 0. The number of esters is 1. The van der Waals surface area contributed by atoms with Gasteiger partial charge in [0.05, 0.1) is 6.61 Å². The summed E-state index contributed by atoms with van der Waals surface area (Å²) in [6.45, 7) is 3.57. The van der Waals surface area contributed by atoms with E-state index in [2.05, 4.69) is 0 Å². The molecule has 0 bridgehead atoms. The number of aryl methyl sites for hydroxylation is 1. The van der Waals surface area contributed by atoms with Crippen molar-refractivity contribution >= 4 is 5.97 Å². The highest BCUT2D eigenvalue weighted by Crippen LogP contribution is 2.27. The quantitative estimate of drug-likeness (QED) is 0.705. The topological polar surface area (TPSA) is 66.8 Å². The second-order valence-corrected chi connectivity index (χ2v) is 2.88. The third-order valence-electron chi connectivity index (χ3n) is 1.81. The van der Waals surface area contributed by atoms with Crippen LogP contribution in [0.5, 0.6) is 11.5 Å². The van der Waals surface area contributed by atoms with Crippen molar-refractivity contribution in [3.8, 4) is 11.5 Å². The van der Waals surface area contributed by atoms with Gasteiger partial charge in [0.25, 0.3) is 0 Å². The SMILES string of the molecule is CCOC(=O)c1cc(C)c(O)cc1O. The summed E-state index contributed by atoms with van der Waals surface area (Å²) in [5, 5.41) is 18.6. The molecular formula is C10H12O4. The largest absolute Gasteiger partial charge is 0.508 e. The smallest absolute Gasteiger partial charge is 0.341 e. The fourth-order valence-corrected chi connectivity index (χ4v) is 1.06. The lowest BCUT2D eigenvalue weighted by atomic mass is 10.1. The number of hydrogen-bond donors (Lipinski definition) is 2. The van der Waals surface area contributed by atoms with Gasteiger partial charge in [0.15, 0.2) is 0 Å². The molecule has 1 rings (SSSR count). The van der Waals surface area contributed by atoms with Gasteiger partial charge in [0.2, 0.25) is 0 Å². The Labute approximate surface area is 81.8 Å². The average molecular weight is 196 g/mol. The van der Waals surface area contributed by atoms with Crippen LogP contribution in [0.2, 0.25) is 0 Å². The molecule has 0 amide bonds. The van der Waals surface area contributed by atoms with Gasteiger partial charge < -0.3 is 14.9 Å². The maximum absolute atomic E-state index is 11.3. The van der Waals surface area contributed by atoms with Gasteiger partial charge in [0, 0.05) is 6.07 Å². The Hall–Kier alpha value is -1.71. The van der Waals surface area contributed by atoms with Crippen LogP contribution in [-0.2, 0) is 4.74 Å². The number of carbonyl (C=O) groups excluding carboxylic acids is 1. The van der Waals surface area contributed by atoms with Crippen LogP contribution in [0.4, 0.5) is 0 Å². The minimum Gasteiger partial charge on any atom is -0.508 e. The lowest BCUT2D eigenvalue weighted by molar-refractivity contribution is 0.0523. The average Bonchev–Trinajstić information content (AvgIpc) is 2.11. The van der Waals surface area contributed by atoms with Gasteiger partial charge in [-0.15, -0.1) is 0 Å². The third-order valence-corrected chi connectivity index (χ3v) is 1.81. The van der Waals surface area contributed by atoms with E-state index < -0.39 is 5.97 Å². The van der Waals surface area contributed by atoms with Crippen molar-refractivity contribution in [2.75, 3.05) is 6.61 Å². The zero-order valence-electron chi connectivity index (χ0n) is 8.07. The lowest BCUT2D eigenvalue weighted by Crippen LogP contribution is -2.05. The summed E-state index contributed by atoms with van der Waals surface area (Å²) in [6.07, 6.45) is 0. The number of aromatic hydroxyl groups is 2. The monoisotopic (exact) mass is 196 g/mol. The van der Waals surface area contributed by atoms with Crippen molar-refractivity contribution in [3.63, 3.8) is 0 Å². The molecule has 0 aliphatic heterocycles. The first-order valence-electron chi connectivity index (χ1n) is 4.26. The molecule has 0 radical (unpaired) electrons. The zero-order valence-corrected chi connectivity index (χ0v) is 8.07. The fraction of sp³-hybridized carbons (Fsp3) is 0.300. The minimum absolute atomic E-state index is 0.0458. The van der Waals surface area contributed by atoms with E-state index in [0.29, 0.717) is 5.56 Å². The van der Waals surface area contributed by atoms with Gasteiger partial charge in [-0.05, 0) is 25.5 Å². The predicted octanol–water partition coefficient (Wildman–Crippen LogP) is 1.58. The number of phenolic OH excluding ortho intramolecular Hbond substituents is 2. The molecule has 1 aromatic carbocycles. The van der Waals surface area contributed by atoms with Crippen LogP contribution < -0.4 is 0 Å². The number of hydrogen-bond acceptors (Lipinski definition) is 4. The van der Waals surface area contributed by atoms with Gasteiger partial charge in [-0.3, -0.25) is 0 Å². The molecule has 0 spiro atoms. The Balaban J connectivity index is 3.09. The summed E-state index contributed by atoms with van der Waals surface area (Å²) in [5.41, 5.74) is 0.591. The van der Waals surface area contributed by atoms with Gasteiger partial charge in [0.1, 0.15) is 17.1 Å². The normalized spacial score (nSPS) is 9.86. The molecule has 1 aromatic rings. The van der Waals surface area contributed by atoms with Gasteiger partial charge in [-0.1, -0.05) is 0 Å². The summed E-state index contributed by atoms with van der Waals surface area (Å²) < 4.78 is 4.72. The van der Waals surface area contributed by atoms with Crippen molar-refractivity contribution in [2.24, 2.45) is 0 Å². The Bertz CT molecular complexity index is 357. The molecule has 0 fully saturated rings. The maximum atomic E-state index is 11.3. The third kappa shape index (κ3) is 1.96. The van der Waals surface area contributed by atoms with E-state index in [-0.39, 0.29) is 23.7 Å². The Kier molecular flexibility index (Phi) is 2.96. The van der Waals surface area contributed by atoms with E-state index in [4.69, 9.17) is 4.74 Å². The number of ether oxygens (including phenoxy) is 1. The summed E-state index contributed by atoms with van der Waals surface area (Å²) in [4.78, 5) is 11.3. The number of phenols is 2. The van der Waals surface area contributed by atoms with Gasteiger partial charge >= 0.3 is 5.97 Å². The standard InChI is InChI=1S/C10H12O4/c1-3-14-10(13)7-4-6(2)8(11)5-9(7)12/h4-5,11-12H,3H2,1-2H3. The van der Waals surface area contributed by atoms with Crippen LogP contribution in [-0.4, -0.2) is 22.8 Å². The minimum atomic E-state index is -0.590. The van der Waals surface area contributed by atoms with Gasteiger partial charge in [-0.25, -0.2) is 4.79 Å². The first kappa shape index (κ1) is 10.4. The van der Waals surface area contributed by atoms with E-state index in [1.165, 1.54) is 6.07 Å². The zero-order chi connectivity index (χ0) is 10.7. The lowest BCUT2D eigenvalue weighted by Gasteiger charge is -2.06. The first-order valence-corrected chi connectivity index (χ1v) is 4.26. The highest BCUT2D eigenvalue weighted by atomic mass is 16.5. The molecule has 0 saturated heterocycles. The van der Waals surface area contributed by atoms with E-state index >= 15 is 0 Å². The molecule has 76 valence electrons. The molecule has 0 aliphatic rings. The molecule has 4 nitrogen and oxygen atoms in total. The number of benzene rings is 1. The Morgan fingerprint density at radius 1 is 1.36 bits per heavy atom. The second kappa shape index (κ2) is 4.00. The van der Waals surface area contributed by atoms with Crippen LogP contribution in [0.1, 0.15) is 22.8 Å². The number of rotatable bonds is 2.